The van der Waals surface area contributed by atoms with Gasteiger partial charge in [0.25, 0.3) is 0 Å². The molecule has 0 aliphatic rings. The summed E-state index contributed by atoms with van der Waals surface area (Å²) in [6.07, 6.45) is 0. The number of benzene rings is 1. The maximum atomic E-state index is 2.32. The molecule has 1 aromatic carbocycles. The first-order chi connectivity index (χ1) is 6.74. The molecule has 1 aromatic rings. The first-order valence-corrected chi connectivity index (χ1v) is 5.18. The van der Waals surface area contributed by atoms with Gasteiger partial charge in [0.05, 0.1) is 0 Å². The second kappa shape index (κ2) is 5.66. The Morgan fingerprint density at radius 1 is 1.00 bits per heavy atom. The lowest BCUT2D eigenvalue weighted by molar-refractivity contribution is 0.360. The highest BCUT2D eigenvalue weighted by Gasteiger charge is 2.00. The normalized spacial score (nSPS) is 10.6. The molecule has 0 fully saturated rings. The van der Waals surface area contributed by atoms with Gasteiger partial charge in [-0.15, -0.1) is 0 Å². The van der Waals surface area contributed by atoms with Crippen molar-refractivity contribution in [2.24, 2.45) is 0 Å². The van der Waals surface area contributed by atoms with E-state index < -0.39 is 0 Å². The van der Waals surface area contributed by atoms with Crippen molar-refractivity contribution in [3.63, 3.8) is 0 Å². The minimum Gasteiger partial charge on any atom is -0.373 e. The summed E-state index contributed by atoms with van der Waals surface area (Å²) in [6.45, 7) is 5.49. The third-order valence-electron chi connectivity index (χ3n) is 2.55. The number of likely N-dealkylation sites (N-methyl/N-ethyl adjacent to an activating group) is 2. The Hall–Kier alpha value is -1.02. The van der Waals surface area contributed by atoms with Crippen LogP contribution in [0.2, 0.25) is 0 Å². The van der Waals surface area contributed by atoms with Crippen molar-refractivity contribution in [3.05, 3.63) is 30.3 Å². The van der Waals surface area contributed by atoms with Crippen molar-refractivity contribution >= 4 is 5.69 Å². The van der Waals surface area contributed by atoms with E-state index in [1.807, 2.05) is 0 Å². The highest BCUT2D eigenvalue weighted by molar-refractivity contribution is 5.44. The van der Waals surface area contributed by atoms with Crippen molar-refractivity contribution in [2.75, 3.05) is 38.6 Å². The van der Waals surface area contributed by atoms with Gasteiger partial charge in [-0.1, -0.05) is 25.1 Å². The molecular formula is C12H20N2. The van der Waals surface area contributed by atoms with Crippen LogP contribution in [0.15, 0.2) is 30.3 Å². The standard InChI is InChI=1S/C12H20N2/c1-4-13(2)10-11-14(3)12-8-6-5-7-9-12/h5-9H,4,10-11H2,1-3H3. The Bertz CT molecular complexity index is 246. The number of rotatable bonds is 5. The average Bonchev–Trinajstić information content (AvgIpc) is 2.26. The summed E-state index contributed by atoms with van der Waals surface area (Å²) in [5, 5.41) is 0. The molecule has 0 N–H and O–H groups in total. The minimum atomic E-state index is 1.08. The van der Waals surface area contributed by atoms with Crippen LogP contribution < -0.4 is 4.90 Å². The Labute approximate surface area is 87.1 Å². The van der Waals surface area contributed by atoms with Gasteiger partial charge in [0.2, 0.25) is 0 Å². The summed E-state index contributed by atoms with van der Waals surface area (Å²) in [4.78, 5) is 4.60. The zero-order valence-corrected chi connectivity index (χ0v) is 9.40. The third kappa shape index (κ3) is 3.38. The molecule has 1 rings (SSSR count). The molecule has 0 saturated heterocycles. The molecule has 78 valence electrons. The Balaban J connectivity index is 2.39. The van der Waals surface area contributed by atoms with Gasteiger partial charge in [0.1, 0.15) is 0 Å². The van der Waals surface area contributed by atoms with E-state index in [0.29, 0.717) is 0 Å². The second-order valence-electron chi connectivity index (χ2n) is 3.65. The first kappa shape index (κ1) is 11.1. The van der Waals surface area contributed by atoms with Crippen molar-refractivity contribution < 1.29 is 0 Å². The fourth-order valence-corrected chi connectivity index (χ4v) is 1.29. The Morgan fingerprint density at radius 2 is 1.64 bits per heavy atom. The number of nitrogens with zero attached hydrogens (tertiary/aromatic N) is 2. The molecule has 0 bridgehead atoms. The molecule has 0 heterocycles. The largest absolute Gasteiger partial charge is 0.373 e. The highest BCUT2D eigenvalue weighted by Crippen LogP contribution is 2.09. The first-order valence-electron chi connectivity index (χ1n) is 5.18. The smallest absolute Gasteiger partial charge is 0.0364 e. The summed E-state index contributed by atoms with van der Waals surface area (Å²) >= 11 is 0. The number of para-hydroxylation sites is 1. The van der Waals surface area contributed by atoms with E-state index in [0.717, 1.165) is 19.6 Å². The summed E-state index contributed by atoms with van der Waals surface area (Å²) in [7, 11) is 4.29. The van der Waals surface area contributed by atoms with E-state index >= 15 is 0 Å². The van der Waals surface area contributed by atoms with Gasteiger partial charge in [-0.3, -0.25) is 0 Å². The summed E-state index contributed by atoms with van der Waals surface area (Å²) < 4.78 is 0. The van der Waals surface area contributed by atoms with Gasteiger partial charge < -0.3 is 9.80 Å². The van der Waals surface area contributed by atoms with E-state index in [9.17, 15) is 0 Å². The molecule has 0 aliphatic carbocycles. The number of hydrogen-bond donors (Lipinski definition) is 0. The second-order valence-corrected chi connectivity index (χ2v) is 3.65. The quantitative estimate of drug-likeness (QED) is 0.704. The van der Waals surface area contributed by atoms with Crippen LogP contribution >= 0.6 is 0 Å². The molecule has 0 radical (unpaired) electrons. The van der Waals surface area contributed by atoms with E-state index in [2.05, 4.69) is 61.2 Å². The van der Waals surface area contributed by atoms with E-state index in [1.165, 1.54) is 5.69 Å². The molecule has 2 heteroatoms. The van der Waals surface area contributed by atoms with Crippen LogP contribution in [0.4, 0.5) is 5.69 Å². The maximum Gasteiger partial charge on any atom is 0.0364 e. The van der Waals surface area contributed by atoms with Crippen molar-refractivity contribution in [1.29, 1.82) is 0 Å². The van der Waals surface area contributed by atoms with E-state index in [1.54, 1.807) is 0 Å². The molecule has 0 aliphatic heterocycles. The predicted octanol–water partition coefficient (Wildman–Crippen LogP) is 2.07. The van der Waals surface area contributed by atoms with Crippen molar-refractivity contribution in [1.82, 2.24) is 4.90 Å². The fraction of sp³-hybridized carbons (Fsp3) is 0.500. The van der Waals surface area contributed by atoms with Gasteiger partial charge in [-0.2, -0.15) is 0 Å². The molecular weight excluding hydrogens is 172 g/mol. The lowest BCUT2D eigenvalue weighted by Gasteiger charge is -2.22. The summed E-state index contributed by atoms with van der Waals surface area (Å²) in [5.74, 6) is 0. The van der Waals surface area contributed by atoms with Crippen LogP contribution in [0, 0.1) is 0 Å². The van der Waals surface area contributed by atoms with E-state index in [4.69, 9.17) is 0 Å². The topological polar surface area (TPSA) is 6.48 Å². The SMILES string of the molecule is CCN(C)CCN(C)c1ccccc1. The van der Waals surface area contributed by atoms with Crippen molar-refractivity contribution in [2.45, 2.75) is 6.92 Å². The summed E-state index contributed by atoms with van der Waals surface area (Å²) in [5.41, 5.74) is 1.29. The van der Waals surface area contributed by atoms with Gasteiger partial charge >= 0.3 is 0 Å². The Morgan fingerprint density at radius 3 is 2.21 bits per heavy atom. The lowest BCUT2D eigenvalue weighted by Crippen LogP contribution is -2.30. The third-order valence-corrected chi connectivity index (χ3v) is 2.55. The maximum absolute atomic E-state index is 2.32. The van der Waals surface area contributed by atoms with Crippen LogP contribution in [-0.2, 0) is 0 Å². The van der Waals surface area contributed by atoms with Crippen LogP contribution in [0.25, 0.3) is 0 Å². The van der Waals surface area contributed by atoms with E-state index in [-0.39, 0.29) is 0 Å². The molecule has 0 amide bonds. The molecule has 2 nitrogen and oxygen atoms in total. The summed E-state index contributed by atoms with van der Waals surface area (Å²) in [6, 6.07) is 10.5. The fourth-order valence-electron chi connectivity index (χ4n) is 1.29. The van der Waals surface area contributed by atoms with Crippen molar-refractivity contribution in [3.8, 4) is 0 Å². The average molecular weight is 192 g/mol. The van der Waals surface area contributed by atoms with Gasteiger partial charge in [0, 0.05) is 25.8 Å². The predicted molar refractivity (Wildman–Crippen MR) is 62.9 cm³/mol. The minimum absolute atomic E-state index is 1.08. The molecule has 0 saturated carbocycles. The number of hydrogen-bond acceptors (Lipinski definition) is 2. The number of anilines is 1. The van der Waals surface area contributed by atoms with Crippen LogP contribution in [0.1, 0.15) is 6.92 Å². The van der Waals surface area contributed by atoms with Crippen LogP contribution in [0.5, 0.6) is 0 Å². The van der Waals surface area contributed by atoms with Crippen LogP contribution in [0.3, 0.4) is 0 Å². The van der Waals surface area contributed by atoms with Crippen LogP contribution in [-0.4, -0.2) is 38.6 Å². The highest BCUT2D eigenvalue weighted by atomic mass is 15.2. The van der Waals surface area contributed by atoms with Gasteiger partial charge in [-0.25, -0.2) is 0 Å². The molecule has 0 spiro atoms. The molecule has 0 unspecified atom stereocenters. The monoisotopic (exact) mass is 192 g/mol. The van der Waals surface area contributed by atoms with Gasteiger partial charge in [0.15, 0.2) is 0 Å². The zero-order chi connectivity index (χ0) is 10.4. The Kier molecular flexibility index (Phi) is 4.47. The zero-order valence-electron chi connectivity index (χ0n) is 9.40. The molecule has 0 aromatic heterocycles. The lowest BCUT2D eigenvalue weighted by atomic mass is 10.3. The molecule has 0 atom stereocenters. The molecule has 14 heavy (non-hydrogen) atoms. The van der Waals surface area contributed by atoms with Gasteiger partial charge in [-0.05, 0) is 25.7 Å².